The van der Waals surface area contributed by atoms with Crippen LogP contribution < -0.4 is 10.9 Å². The van der Waals surface area contributed by atoms with E-state index in [9.17, 15) is 9.59 Å². The lowest BCUT2D eigenvalue weighted by atomic mass is 10.1. The predicted octanol–water partition coefficient (Wildman–Crippen LogP) is 2.10. The van der Waals surface area contributed by atoms with E-state index >= 15 is 0 Å². The van der Waals surface area contributed by atoms with Crippen molar-refractivity contribution >= 4 is 16.8 Å². The first kappa shape index (κ1) is 20.1. The molecule has 1 aliphatic heterocycles. The van der Waals surface area contributed by atoms with Gasteiger partial charge in [0.1, 0.15) is 6.04 Å². The highest BCUT2D eigenvalue weighted by Crippen LogP contribution is 2.22. The van der Waals surface area contributed by atoms with Crippen LogP contribution in [0.5, 0.6) is 0 Å². The van der Waals surface area contributed by atoms with Crippen LogP contribution in [0.3, 0.4) is 0 Å². The number of carbonyl (C=O) groups excluding carboxylic acids is 1. The molecular weight excluding hydrogens is 406 g/mol. The van der Waals surface area contributed by atoms with Crippen molar-refractivity contribution in [3.8, 4) is 11.3 Å². The largest absolute Gasteiger partial charge is 0.377 e. The maximum absolute atomic E-state index is 12.9. The molecule has 4 heterocycles. The number of hydrogen-bond acceptors (Lipinski definition) is 5. The topological polar surface area (TPSA) is 91.0 Å². The molecule has 1 aliphatic rings. The third kappa shape index (κ3) is 3.80. The lowest BCUT2D eigenvalue weighted by molar-refractivity contribution is -0.121. The number of ether oxygens (including phenoxy) is 1. The number of hydrogen-bond donors (Lipinski definition) is 1. The van der Waals surface area contributed by atoms with Crippen molar-refractivity contribution in [2.24, 2.45) is 7.05 Å². The molecule has 8 heteroatoms. The van der Waals surface area contributed by atoms with Crippen LogP contribution in [-0.4, -0.2) is 44.5 Å². The molecule has 3 aromatic heterocycles. The lowest BCUT2D eigenvalue weighted by Gasteiger charge is -2.20. The summed E-state index contributed by atoms with van der Waals surface area (Å²) in [5.41, 5.74) is 3.27. The molecule has 1 fully saturated rings. The van der Waals surface area contributed by atoms with Gasteiger partial charge in [-0.2, -0.15) is 5.10 Å². The Balaban J connectivity index is 1.36. The van der Waals surface area contributed by atoms with Gasteiger partial charge in [-0.05, 0) is 29.8 Å². The van der Waals surface area contributed by atoms with E-state index in [1.165, 1.54) is 10.7 Å². The number of aryl methyl sites for hydroxylation is 1. The van der Waals surface area contributed by atoms with Crippen LogP contribution in [0.4, 0.5) is 0 Å². The number of fused-ring (bicyclic) bond motifs is 1. The molecule has 0 saturated carbocycles. The highest BCUT2D eigenvalue weighted by Gasteiger charge is 2.33. The molecule has 1 N–H and O–H groups in total. The molecule has 0 radical (unpaired) electrons. The molecule has 2 unspecified atom stereocenters. The summed E-state index contributed by atoms with van der Waals surface area (Å²) in [7, 11) is 1.97. The Hall–Kier alpha value is -3.78. The maximum atomic E-state index is 12.9. The number of rotatable bonds is 5. The molecule has 32 heavy (non-hydrogen) atoms. The normalized spacial score (nSPS) is 18.2. The Morgan fingerprint density at radius 1 is 1.16 bits per heavy atom. The van der Waals surface area contributed by atoms with Gasteiger partial charge < -0.3 is 14.6 Å². The number of amides is 1. The van der Waals surface area contributed by atoms with Crippen molar-refractivity contribution < 1.29 is 9.53 Å². The van der Waals surface area contributed by atoms with Crippen LogP contribution in [0.1, 0.15) is 11.6 Å². The smallest absolute Gasteiger partial charge is 0.267 e. The van der Waals surface area contributed by atoms with E-state index in [2.05, 4.69) is 15.4 Å². The summed E-state index contributed by atoms with van der Waals surface area (Å²) in [6.45, 7) is 0.639. The number of pyridine rings is 1. The number of carbonyl (C=O) groups is 1. The number of nitrogens with zero attached hydrogens (tertiary/aromatic N) is 4. The van der Waals surface area contributed by atoms with Crippen molar-refractivity contribution in [1.82, 2.24) is 24.6 Å². The molecule has 1 amide bonds. The van der Waals surface area contributed by atoms with Crippen LogP contribution in [0.25, 0.3) is 22.2 Å². The van der Waals surface area contributed by atoms with Gasteiger partial charge in [-0.1, -0.05) is 18.2 Å². The first-order chi connectivity index (χ1) is 15.6. The van der Waals surface area contributed by atoms with Gasteiger partial charge in [0.05, 0.1) is 31.4 Å². The van der Waals surface area contributed by atoms with Gasteiger partial charge in [0.15, 0.2) is 0 Å². The fourth-order valence-corrected chi connectivity index (χ4v) is 4.25. The molecule has 0 spiro atoms. The summed E-state index contributed by atoms with van der Waals surface area (Å²) in [6, 6.07) is 14.2. The van der Waals surface area contributed by atoms with Crippen LogP contribution in [-0.2, 0) is 23.0 Å². The summed E-state index contributed by atoms with van der Waals surface area (Å²) >= 11 is 0. The molecule has 162 valence electrons. The zero-order chi connectivity index (χ0) is 22.1. The van der Waals surface area contributed by atoms with Gasteiger partial charge >= 0.3 is 0 Å². The predicted molar refractivity (Wildman–Crippen MR) is 120 cm³/mol. The summed E-state index contributed by atoms with van der Waals surface area (Å²) in [4.78, 5) is 29.6. The minimum atomic E-state index is -0.379. The molecule has 2 atom stereocenters. The maximum Gasteiger partial charge on any atom is 0.267 e. The highest BCUT2D eigenvalue weighted by molar-refractivity contribution is 5.89. The molecule has 0 aliphatic carbocycles. The second kappa shape index (κ2) is 8.39. The van der Waals surface area contributed by atoms with Crippen molar-refractivity contribution in [1.29, 1.82) is 0 Å². The first-order valence-corrected chi connectivity index (χ1v) is 10.5. The minimum absolute atomic E-state index is 0.113. The van der Waals surface area contributed by atoms with Crippen LogP contribution in [0, 0.1) is 0 Å². The second-order valence-electron chi connectivity index (χ2n) is 7.98. The Morgan fingerprint density at radius 3 is 2.88 bits per heavy atom. The van der Waals surface area contributed by atoms with E-state index in [-0.39, 0.29) is 30.0 Å². The number of aromatic nitrogens is 4. The molecule has 0 bridgehead atoms. The fraction of sp³-hybridized carbons (Fsp3) is 0.250. The number of nitrogens with one attached hydrogen (secondary N) is 1. The SMILES string of the molecule is Cn1cc(CC(=O)NC2COCC2n2nc(-c3cccnc3)ccc2=O)c2ccccc21. The first-order valence-electron chi connectivity index (χ1n) is 10.5. The van der Waals surface area contributed by atoms with E-state index in [1.54, 1.807) is 18.5 Å². The highest BCUT2D eigenvalue weighted by atomic mass is 16.5. The quantitative estimate of drug-likeness (QED) is 0.525. The molecule has 1 aromatic carbocycles. The summed E-state index contributed by atoms with van der Waals surface area (Å²) in [5.74, 6) is -0.113. The van der Waals surface area contributed by atoms with E-state index in [1.807, 2.05) is 54.2 Å². The van der Waals surface area contributed by atoms with E-state index in [0.717, 1.165) is 22.0 Å². The van der Waals surface area contributed by atoms with Gasteiger partial charge in [-0.15, -0.1) is 0 Å². The standard InChI is InChI=1S/C24H23N5O3/c1-28-13-17(18-6-2-3-7-21(18)28)11-23(30)26-20-14-32-15-22(20)29-24(31)9-8-19(27-29)16-5-4-10-25-12-16/h2-10,12-13,20,22H,11,14-15H2,1H3,(H,26,30). The van der Waals surface area contributed by atoms with Gasteiger partial charge in [0.25, 0.3) is 5.56 Å². The average molecular weight is 429 g/mol. The van der Waals surface area contributed by atoms with Gasteiger partial charge in [0.2, 0.25) is 5.91 Å². The molecule has 8 nitrogen and oxygen atoms in total. The van der Waals surface area contributed by atoms with Gasteiger partial charge in [-0.25, -0.2) is 4.68 Å². The van der Waals surface area contributed by atoms with Crippen LogP contribution in [0.2, 0.25) is 0 Å². The Kier molecular flexibility index (Phi) is 5.28. The van der Waals surface area contributed by atoms with Crippen LogP contribution >= 0.6 is 0 Å². The average Bonchev–Trinajstić information content (AvgIpc) is 3.39. The Morgan fingerprint density at radius 2 is 2.03 bits per heavy atom. The van der Waals surface area contributed by atoms with Crippen molar-refractivity contribution in [2.45, 2.75) is 18.5 Å². The van der Waals surface area contributed by atoms with E-state index in [4.69, 9.17) is 4.74 Å². The summed E-state index contributed by atoms with van der Waals surface area (Å²) in [5, 5.41) is 8.65. The zero-order valence-corrected chi connectivity index (χ0v) is 17.6. The molecule has 5 rings (SSSR count). The summed E-state index contributed by atoms with van der Waals surface area (Å²) in [6.07, 6.45) is 5.62. The van der Waals surface area contributed by atoms with Crippen molar-refractivity contribution in [3.63, 3.8) is 0 Å². The minimum Gasteiger partial charge on any atom is -0.377 e. The van der Waals surface area contributed by atoms with Crippen molar-refractivity contribution in [3.05, 3.63) is 83.0 Å². The van der Waals surface area contributed by atoms with Crippen LogP contribution in [0.15, 0.2) is 71.9 Å². The number of para-hydroxylation sites is 1. The molecular formula is C24H23N5O3. The summed E-state index contributed by atoms with van der Waals surface area (Å²) < 4.78 is 9.05. The monoisotopic (exact) mass is 429 g/mol. The second-order valence-corrected chi connectivity index (χ2v) is 7.98. The Bertz CT molecular complexity index is 1330. The fourth-order valence-electron chi connectivity index (χ4n) is 4.25. The Labute approximate surface area is 184 Å². The molecule has 1 saturated heterocycles. The van der Waals surface area contributed by atoms with E-state index < -0.39 is 0 Å². The van der Waals surface area contributed by atoms with Gasteiger partial charge in [-0.3, -0.25) is 14.6 Å². The van der Waals surface area contributed by atoms with E-state index in [0.29, 0.717) is 18.9 Å². The van der Waals surface area contributed by atoms with Crippen molar-refractivity contribution in [2.75, 3.05) is 13.2 Å². The number of benzene rings is 1. The third-order valence-corrected chi connectivity index (χ3v) is 5.82. The zero-order valence-electron chi connectivity index (χ0n) is 17.6. The lowest BCUT2D eigenvalue weighted by Crippen LogP contribution is -2.44. The molecule has 4 aromatic rings. The van der Waals surface area contributed by atoms with Gasteiger partial charge in [0, 0.05) is 48.2 Å². The third-order valence-electron chi connectivity index (χ3n) is 5.82.